The second kappa shape index (κ2) is 4.32. The van der Waals surface area contributed by atoms with Crippen LogP contribution in [0.2, 0.25) is 0 Å². The minimum atomic E-state index is -3.22. The van der Waals surface area contributed by atoms with Crippen LogP contribution in [0.5, 0.6) is 0 Å². The molecule has 18 heavy (non-hydrogen) atoms. The topological polar surface area (TPSA) is 57.9 Å². The van der Waals surface area contributed by atoms with E-state index >= 15 is 0 Å². The van der Waals surface area contributed by atoms with E-state index in [0.717, 1.165) is 18.2 Å². The maximum Gasteiger partial charge on any atom is 0.151 e. The maximum atomic E-state index is 13.0. The molecular formula is C12H11F2NO2S. The molecule has 0 radical (unpaired) electrons. The lowest BCUT2D eigenvalue weighted by Gasteiger charge is -2.18. The molecule has 3 nitrogen and oxygen atoms in total. The lowest BCUT2D eigenvalue weighted by atomic mass is 9.83. The fraction of sp³-hybridized carbons (Fsp3) is 0.417. The summed E-state index contributed by atoms with van der Waals surface area (Å²) in [4.78, 5) is 0. The van der Waals surface area contributed by atoms with Crippen LogP contribution >= 0.6 is 0 Å². The molecule has 1 aromatic carbocycles. The van der Waals surface area contributed by atoms with Crippen LogP contribution in [0.15, 0.2) is 18.2 Å². The highest BCUT2D eigenvalue weighted by Gasteiger charge is 2.42. The maximum absolute atomic E-state index is 13.0. The summed E-state index contributed by atoms with van der Waals surface area (Å²) in [5.41, 5.74) is -0.745. The Morgan fingerprint density at radius 2 is 1.89 bits per heavy atom. The molecule has 6 heteroatoms. The van der Waals surface area contributed by atoms with Gasteiger partial charge in [-0.2, -0.15) is 5.26 Å². The van der Waals surface area contributed by atoms with E-state index < -0.39 is 26.9 Å². The van der Waals surface area contributed by atoms with Crippen molar-refractivity contribution in [1.82, 2.24) is 0 Å². The van der Waals surface area contributed by atoms with Crippen molar-refractivity contribution in [2.24, 2.45) is 5.41 Å². The van der Waals surface area contributed by atoms with E-state index in [2.05, 4.69) is 0 Å². The Bertz CT molecular complexity index is 601. The molecule has 0 bridgehead atoms. The van der Waals surface area contributed by atoms with Crippen molar-refractivity contribution in [3.63, 3.8) is 0 Å². The molecule has 0 amide bonds. The highest BCUT2D eigenvalue weighted by molar-refractivity contribution is 7.91. The molecule has 96 valence electrons. The molecule has 0 aromatic heterocycles. The van der Waals surface area contributed by atoms with Crippen molar-refractivity contribution in [3.05, 3.63) is 35.4 Å². The number of hydrogen-bond acceptors (Lipinski definition) is 3. The molecule has 1 fully saturated rings. The SMILES string of the molecule is N#CC1(Cc2cc(F)cc(F)c2)CCS(=O)(=O)C1. The Balaban J connectivity index is 2.30. The number of hydrogen-bond donors (Lipinski definition) is 0. The standard InChI is InChI=1S/C12H11F2NO2S/c13-10-3-9(4-11(14)5-10)6-12(7-15)1-2-18(16,17)8-12/h3-5H,1-2,6,8H2. The third kappa shape index (κ3) is 2.67. The van der Waals surface area contributed by atoms with Crippen molar-refractivity contribution in [2.45, 2.75) is 12.8 Å². The average Bonchev–Trinajstić information content (AvgIpc) is 2.53. The van der Waals surface area contributed by atoms with E-state index in [9.17, 15) is 17.2 Å². The predicted octanol–water partition coefficient (Wildman–Crippen LogP) is 1.84. The second-order valence-electron chi connectivity index (χ2n) is 4.69. The predicted molar refractivity (Wildman–Crippen MR) is 61.4 cm³/mol. The first-order valence-electron chi connectivity index (χ1n) is 5.41. The number of sulfone groups is 1. The van der Waals surface area contributed by atoms with E-state index in [4.69, 9.17) is 5.26 Å². The summed E-state index contributed by atoms with van der Waals surface area (Å²) in [6.07, 6.45) is 0.265. The first-order chi connectivity index (χ1) is 8.34. The molecule has 0 aliphatic carbocycles. The first kappa shape index (κ1) is 13.0. The van der Waals surface area contributed by atoms with E-state index in [0.29, 0.717) is 5.56 Å². The Kier molecular flexibility index (Phi) is 3.11. The highest BCUT2D eigenvalue weighted by Crippen LogP contribution is 2.35. The van der Waals surface area contributed by atoms with Crippen molar-refractivity contribution in [3.8, 4) is 6.07 Å². The van der Waals surface area contributed by atoms with Gasteiger partial charge in [0, 0.05) is 6.07 Å². The number of nitriles is 1. The number of rotatable bonds is 2. The van der Waals surface area contributed by atoms with Crippen LogP contribution in [-0.4, -0.2) is 19.9 Å². The lowest BCUT2D eigenvalue weighted by Crippen LogP contribution is -2.23. The normalized spacial score (nSPS) is 25.8. The van der Waals surface area contributed by atoms with Crippen LogP contribution in [0, 0.1) is 28.4 Å². The minimum absolute atomic E-state index is 0.0433. The summed E-state index contributed by atoms with van der Waals surface area (Å²) in [6.45, 7) is 0. The van der Waals surface area contributed by atoms with Gasteiger partial charge in [-0.15, -0.1) is 0 Å². The van der Waals surface area contributed by atoms with Crippen LogP contribution in [0.25, 0.3) is 0 Å². The Morgan fingerprint density at radius 3 is 2.33 bits per heavy atom. The molecule has 1 aliphatic heterocycles. The van der Waals surface area contributed by atoms with Gasteiger partial charge in [0.1, 0.15) is 11.6 Å². The van der Waals surface area contributed by atoms with E-state index in [1.165, 1.54) is 0 Å². The largest absolute Gasteiger partial charge is 0.229 e. The molecule has 0 N–H and O–H groups in total. The van der Waals surface area contributed by atoms with Crippen LogP contribution in [0.3, 0.4) is 0 Å². The van der Waals surface area contributed by atoms with E-state index in [-0.39, 0.29) is 24.3 Å². The Labute approximate surface area is 104 Å². The summed E-state index contributed by atoms with van der Waals surface area (Å²) in [7, 11) is -3.22. The third-order valence-corrected chi connectivity index (χ3v) is 4.91. The van der Waals surface area contributed by atoms with Gasteiger partial charge in [-0.3, -0.25) is 0 Å². The second-order valence-corrected chi connectivity index (χ2v) is 6.87. The van der Waals surface area contributed by atoms with Gasteiger partial charge in [-0.25, -0.2) is 17.2 Å². The summed E-state index contributed by atoms with van der Waals surface area (Å²) >= 11 is 0. The van der Waals surface area contributed by atoms with Crippen molar-refractivity contribution in [2.75, 3.05) is 11.5 Å². The molecule has 1 heterocycles. The Morgan fingerprint density at radius 1 is 1.28 bits per heavy atom. The number of halogens is 2. The molecule has 2 rings (SSSR count). The molecule has 1 aliphatic rings. The molecule has 1 atom stereocenters. The average molecular weight is 271 g/mol. The third-order valence-electron chi connectivity index (χ3n) is 3.09. The summed E-state index contributed by atoms with van der Waals surface area (Å²) in [5, 5.41) is 9.15. The van der Waals surface area contributed by atoms with Gasteiger partial charge < -0.3 is 0 Å². The molecule has 0 spiro atoms. The van der Waals surface area contributed by atoms with Crippen molar-refractivity contribution in [1.29, 1.82) is 5.26 Å². The fourth-order valence-corrected chi connectivity index (χ4v) is 4.29. The monoisotopic (exact) mass is 271 g/mol. The first-order valence-corrected chi connectivity index (χ1v) is 7.23. The van der Waals surface area contributed by atoms with Crippen LogP contribution < -0.4 is 0 Å². The zero-order valence-corrected chi connectivity index (χ0v) is 10.3. The van der Waals surface area contributed by atoms with Crippen LogP contribution in [-0.2, 0) is 16.3 Å². The van der Waals surface area contributed by atoms with Gasteiger partial charge in [0.15, 0.2) is 9.84 Å². The van der Waals surface area contributed by atoms with E-state index in [1.54, 1.807) is 0 Å². The summed E-state index contributed by atoms with van der Waals surface area (Å²) in [5.74, 6) is -1.73. The van der Waals surface area contributed by atoms with Crippen LogP contribution in [0.1, 0.15) is 12.0 Å². The number of benzene rings is 1. The molecule has 0 saturated carbocycles. The molecule has 1 unspecified atom stereocenters. The highest BCUT2D eigenvalue weighted by atomic mass is 32.2. The van der Waals surface area contributed by atoms with Gasteiger partial charge in [0.25, 0.3) is 0 Å². The summed E-state index contributed by atoms with van der Waals surface area (Å²) in [6, 6.07) is 5.00. The van der Waals surface area contributed by atoms with Gasteiger partial charge >= 0.3 is 0 Å². The smallest absolute Gasteiger partial charge is 0.151 e. The summed E-state index contributed by atoms with van der Waals surface area (Å²) < 4.78 is 48.9. The van der Waals surface area contributed by atoms with Crippen molar-refractivity contribution >= 4 is 9.84 Å². The molecular weight excluding hydrogens is 260 g/mol. The minimum Gasteiger partial charge on any atom is -0.229 e. The van der Waals surface area contributed by atoms with Gasteiger partial charge in [-0.05, 0) is 30.5 Å². The van der Waals surface area contributed by atoms with Crippen molar-refractivity contribution < 1.29 is 17.2 Å². The molecule has 1 saturated heterocycles. The van der Waals surface area contributed by atoms with E-state index in [1.807, 2.05) is 6.07 Å². The molecule has 1 aromatic rings. The van der Waals surface area contributed by atoms with Gasteiger partial charge in [-0.1, -0.05) is 0 Å². The Hall–Kier alpha value is -1.48. The lowest BCUT2D eigenvalue weighted by molar-refractivity contribution is 0.448. The van der Waals surface area contributed by atoms with Gasteiger partial charge in [0.05, 0.1) is 23.0 Å². The van der Waals surface area contributed by atoms with Crippen LogP contribution in [0.4, 0.5) is 8.78 Å². The fourth-order valence-electron chi connectivity index (χ4n) is 2.29. The van der Waals surface area contributed by atoms with Gasteiger partial charge in [0.2, 0.25) is 0 Å². The quantitative estimate of drug-likeness (QED) is 0.824. The number of nitrogens with zero attached hydrogens (tertiary/aromatic N) is 1. The zero-order chi connectivity index (χ0) is 13.4. The zero-order valence-electron chi connectivity index (χ0n) is 9.49.